The van der Waals surface area contributed by atoms with Crippen LogP contribution in [0, 0.1) is 5.41 Å². The summed E-state index contributed by atoms with van der Waals surface area (Å²) in [5.74, 6) is -1.39. The maximum atomic E-state index is 11.7. The summed E-state index contributed by atoms with van der Waals surface area (Å²) in [5.41, 5.74) is -0.891. The van der Waals surface area contributed by atoms with Gasteiger partial charge in [0.05, 0.1) is 5.41 Å². The number of hydrogen-bond donors (Lipinski definition) is 3. The van der Waals surface area contributed by atoms with Gasteiger partial charge in [-0.1, -0.05) is 0 Å². The highest BCUT2D eigenvalue weighted by atomic mass is 16.7. The van der Waals surface area contributed by atoms with Crippen molar-refractivity contribution in [2.24, 2.45) is 5.41 Å². The maximum absolute atomic E-state index is 11.7. The van der Waals surface area contributed by atoms with Crippen LogP contribution in [-0.4, -0.2) is 32.6 Å². The minimum Gasteiger partial charge on any atom is -0.492 e. The minimum atomic E-state index is -0.891. The van der Waals surface area contributed by atoms with Gasteiger partial charge in [-0.05, 0) is 20.3 Å². The van der Waals surface area contributed by atoms with E-state index in [-0.39, 0.29) is 24.8 Å². The van der Waals surface area contributed by atoms with E-state index in [0.29, 0.717) is 4.73 Å². The van der Waals surface area contributed by atoms with Gasteiger partial charge in [0.2, 0.25) is 11.8 Å². The first-order valence-corrected chi connectivity index (χ1v) is 4.82. The molecule has 0 atom stereocenters. The number of aromatic nitrogens is 1. The number of hydrogen-bond acceptors (Lipinski definition) is 5. The summed E-state index contributed by atoms with van der Waals surface area (Å²) >= 11 is 0. The standard InChI is InChI=1S/C10H15NO5/c1-10(2,5-6-12)9(15)16-11-7(13)3-4-8(11)14/h3-4,12-14H,5-6H2,1-2H3. The molecule has 1 heterocycles. The average molecular weight is 229 g/mol. The second-order valence-corrected chi connectivity index (χ2v) is 4.08. The molecule has 6 heteroatoms. The fourth-order valence-electron chi connectivity index (χ4n) is 1.08. The van der Waals surface area contributed by atoms with Gasteiger partial charge in [0, 0.05) is 18.7 Å². The molecule has 0 aliphatic heterocycles. The van der Waals surface area contributed by atoms with Crippen LogP contribution in [0.5, 0.6) is 11.8 Å². The van der Waals surface area contributed by atoms with E-state index in [1.807, 2.05) is 0 Å². The molecule has 0 saturated carbocycles. The van der Waals surface area contributed by atoms with E-state index in [2.05, 4.69) is 0 Å². The van der Waals surface area contributed by atoms with Crippen molar-refractivity contribution in [3.8, 4) is 11.8 Å². The molecule has 0 radical (unpaired) electrons. The summed E-state index contributed by atoms with van der Waals surface area (Å²) in [5, 5.41) is 27.3. The number of aliphatic hydroxyl groups excluding tert-OH is 1. The Bertz CT molecular complexity index is 363. The van der Waals surface area contributed by atoms with Crippen molar-refractivity contribution in [3.05, 3.63) is 12.1 Å². The Kier molecular flexibility index (Phi) is 3.44. The molecule has 0 spiro atoms. The highest BCUT2D eigenvalue weighted by molar-refractivity contribution is 5.76. The van der Waals surface area contributed by atoms with E-state index in [1.54, 1.807) is 13.8 Å². The molecule has 16 heavy (non-hydrogen) atoms. The predicted octanol–water partition coefficient (Wildman–Crippen LogP) is 0.263. The van der Waals surface area contributed by atoms with Crippen LogP contribution in [0.3, 0.4) is 0 Å². The van der Waals surface area contributed by atoms with Crippen molar-refractivity contribution in [1.82, 2.24) is 4.73 Å². The van der Waals surface area contributed by atoms with Crippen molar-refractivity contribution < 1.29 is 25.0 Å². The van der Waals surface area contributed by atoms with Gasteiger partial charge in [-0.15, -0.1) is 4.73 Å². The molecule has 1 aromatic heterocycles. The number of rotatable bonds is 4. The SMILES string of the molecule is CC(C)(CCO)C(=O)On1c(O)ccc1O. The summed E-state index contributed by atoms with van der Waals surface area (Å²) in [6.45, 7) is 3.05. The van der Waals surface area contributed by atoms with Crippen molar-refractivity contribution in [2.45, 2.75) is 20.3 Å². The third-order valence-electron chi connectivity index (χ3n) is 2.26. The van der Waals surface area contributed by atoms with Crippen molar-refractivity contribution in [3.63, 3.8) is 0 Å². The molecular weight excluding hydrogens is 214 g/mol. The van der Waals surface area contributed by atoms with E-state index in [4.69, 9.17) is 9.94 Å². The lowest BCUT2D eigenvalue weighted by Gasteiger charge is -2.21. The van der Waals surface area contributed by atoms with Gasteiger partial charge in [0.15, 0.2) is 0 Å². The first-order chi connectivity index (χ1) is 7.38. The molecule has 0 unspecified atom stereocenters. The van der Waals surface area contributed by atoms with Gasteiger partial charge in [-0.3, -0.25) is 0 Å². The van der Waals surface area contributed by atoms with E-state index < -0.39 is 11.4 Å². The second-order valence-electron chi connectivity index (χ2n) is 4.08. The van der Waals surface area contributed by atoms with Gasteiger partial charge in [0.1, 0.15) is 0 Å². The highest BCUT2D eigenvalue weighted by Crippen LogP contribution is 2.24. The average Bonchev–Trinajstić information content (AvgIpc) is 2.49. The summed E-state index contributed by atoms with van der Waals surface area (Å²) < 4.78 is 0.626. The third-order valence-corrected chi connectivity index (χ3v) is 2.26. The number of nitrogens with zero attached hydrogens (tertiary/aromatic N) is 1. The molecule has 90 valence electrons. The summed E-state index contributed by atoms with van der Waals surface area (Å²) in [6.07, 6.45) is 0.231. The van der Waals surface area contributed by atoms with Crippen molar-refractivity contribution in [1.29, 1.82) is 0 Å². The van der Waals surface area contributed by atoms with Crippen LogP contribution in [0.25, 0.3) is 0 Å². The fourth-order valence-corrected chi connectivity index (χ4v) is 1.08. The normalized spacial score (nSPS) is 11.4. The van der Waals surface area contributed by atoms with Crippen molar-refractivity contribution >= 4 is 5.97 Å². The third kappa shape index (κ3) is 2.46. The van der Waals surface area contributed by atoms with Gasteiger partial charge in [-0.25, -0.2) is 4.79 Å². The number of carbonyl (C=O) groups is 1. The Labute approximate surface area is 92.7 Å². The molecule has 0 bridgehead atoms. The van der Waals surface area contributed by atoms with Crippen LogP contribution in [0.2, 0.25) is 0 Å². The minimum absolute atomic E-state index is 0.147. The molecule has 1 aromatic rings. The van der Waals surface area contributed by atoms with Gasteiger partial charge in [-0.2, -0.15) is 0 Å². The monoisotopic (exact) mass is 229 g/mol. The molecule has 0 saturated heterocycles. The molecule has 6 nitrogen and oxygen atoms in total. The molecule has 0 aliphatic carbocycles. The number of carbonyl (C=O) groups excluding carboxylic acids is 1. The van der Waals surface area contributed by atoms with E-state index in [9.17, 15) is 15.0 Å². The summed E-state index contributed by atoms with van der Waals surface area (Å²) in [7, 11) is 0. The predicted molar refractivity (Wildman–Crippen MR) is 54.8 cm³/mol. The molecule has 0 amide bonds. The maximum Gasteiger partial charge on any atom is 0.338 e. The van der Waals surface area contributed by atoms with Crippen LogP contribution in [0.15, 0.2) is 12.1 Å². The molecule has 3 N–H and O–H groups in total. The topological polar surface area (TPSA) is 91.9 Å². The van der Waals surface area contributed by atoms with Gasteiger partial charge in [0.25, 0.3) is 0 Å². The Morgan fingerprint density at radius 2 is 1.88 bits per heavy atom. The lowest BCUT2D eigenvalue weighted by molar-refractivity contribution is -0.156. The summed E-state index contributed by atoms with van der Waals surface area (Å²) in [4.78, 5) is 16.5. The Morgan fingerprint density at radius 3 is 2.31 bits per heavy atom. The van der Waals surface area contributed by atoms with Crippen LogP contribution in [-0.2, 0) is 4.79 Å². The molecule has 0 aliphatic rings. The van der Waals surface area contributed by atoms with Crippen LogP contribution >= 0.6 is 0 Å². The quantitative estimate of drug-likeness (QED) is 0.689. The van der Waals surface area contributed by atoms with Crippen LogP contribution in [0.4, 0.5) is 0 Å². The Balaban J connectivity index is 2.79. The first kappa shape index (κ1) is 12.4. The zero-order chi connectivity index (χ0) is 12.3. The molecule has 0 fully saturated rings. The zero-order valence-electron chi connectivity index (χ0n) is 9.17. The van der Waals surface area contributed by atoms with E-state index in [0.717, 1.165) is 0 Å². The summed E-state index contributed by atoms with van der Waals surface area (Å²) in [6, 6.07) is 2.39. The van der Waals surface area contributed by atoms with Gasteiger partial charge >= 0.3 is 5.97 Å². The Hall–Kier alpha value is -1.69. The van der Waals surface area contributed by atoms with Crippen LogP contribution in [0.1, 0.15) is 20.3 Å². The molecular formula is C10H15NO5. The highest BCUT2D eigenvalue weighted by Gasteiger charge is 2.30. The van der Waals surface area contributed by atoms with E-state index in [1.165, 1.54) is 12.1 Å². The lowest BCUT2D eigenvalue weighted by Crippen LogP contribution is -2.34. The largest absolute Gasteiger partial charge is 0.492 e. The zero-order valence-corrected chi connectivity index (χ0v) is 9.17. The molecule has 1 rings (SSSR count). The van der Waals surface area contributed by atoms with E-state index >= 15 is 0 Å². The first-order valence-electron chi connectivity index (χ1n) is 4.82. The lowest BCUT2D eigenvalue weighted by atomic mass is 9.90. The molecule has 0 aromatic carbocycles. The smallest absolute Gasteiger partial charge is 0.338 e. The Morgan fingerprint density at radius 1 is 1.38 bits per heavy atom. The second kappa shape index (κ2) is 4.44. The van der Waals surface area contributed by atoms with Gasteiger partial charge < -0.3 is 20.2 Å². The fraction of sp³-hybridized carbons (Fsp3) is 0.500. The number of aromatic hydroxyl groups is 2. The van der Waals surface area contributed by atoms with Crippen molar-refractivity contribution in [2.75, 3.05) is 6.61 Å². The number of aliphatic hydroxyl groups is 1. The van der Waals surface area contributed by atoms with Crippen LogP contribution < -0.4 is 4.84 Å².